The van der Waals surface area contributed by atoms with Gasteiger partial charge in [-0.1, -0.05) is 74.6 Å². The zero-order chi connectivity index (χ0) is 33.4. The van der Waals surface area contributed by atoms with Gasteiger partial charge in [-0.3, -0.25) is 9.59 Å². The highest BCUT2D eigenvalue weighted by molar-refractivity contribution is 6.06. The van der Waals surface area contributed by atoms with Gasteiger partial charge in [-0.15, -0.1) is 0 Å². The fourth-order valence-corrected chi connectivity index (χ4v) is 8.04. The normalized spacial score (nSPS) is 20.6. The number of hydrogen-bond donors (Lipinski definition) is 5. The lowest BCUT2D eigenvalue weighted by Crippen LogP contribution is -2.55. The van der Waals surface area contributed by atoms with Gasteiger partial charge in [0, 0.05) is 33.8 Å². The fourth-order valence-electron chi connectivity index (χ4n) is 8.04. The molecule has 1 aliphatic heterocycles. The van der Waals surface area contributed by atoms with Crippen molar-refractivity contribution in [3.8, 4) is 11.3 Å². The predicted octanol–water partition coefficient (Wildman–Crippen LogP) is 6.54. The van der Waals surface area contributed by atoms with Gasteiger partial charge in [0.25, 0.3) is 5.91 Å². The van der Waals surface area contributed by atoms with E-state index in [1.165, 1.54) is 18.1 Å². The molecule has 1 aromatic heterocycles. The monoisotopic (exact) mass is 647 g/mol. The number of aliphatic carboxylic acids is 1. The molecule has 2 saturated carbocycles. The highest BCUT2D eigenvalue weighted by Crippen LogP contribution is 2.47. The van der Waals surface area contributed by atoms with Crippen LogP contribution in [-0.2, 0) is 16.1 Å². The van der Waals surface area contributed by atoms with Crippen molar-refractivity contribution in [1.82, 2.24) is 9.88 Å². The molecule has 248 valence electrons. The van der Waals surface area contributed by atoms with Gasteiger partial charge in [0.2, 0.25) is 5.91 Å². The quantitative estimate of drug-likeness (QED) is 0.144. The molecule has 7 rings (SSSR count). The summed E-state index contributed by atoms with van der Waals surface area (Å²) in [6.07, 6.45) is 8.79. The molecule has 0 spiro atoms. The summed E-state index contributed by atoms with van der Waals surface area (Å²) in [5, 5.41) is 38.3. The highest BCUT2D eigenvalue weighted by atomic mass is 16.4. The van der Waals surface area contributed by atoms with Crippen LogP contribution in [-0.4, -0.2) is 49.3 Å². The molecule has 3 aromatic carbocycles. The molecule has 2 amide bonds. The van der Waals surface area contributed by atoms with Gasteiger partial charge in [-0.2, -0.15) is 0 Å². The molecule has 3 aliphatic rings. The number of nitrogens with one attached hydrogen (secondary N) is 2. The maximum Gasteiger partial charge on any atom is 0.328 e. The van der Waals surface area contributed by atoms with Crippen molar-refractivity contribution in [3.63, 3.8) is 0 Å². The lowest BCUT2D eigenvalue weighted by molar-refractivity contribution is -0.131. The van der Waals surface area contributed by atoms with E-state index in [0.29, 0.717) is 41.1 Å². The second-order valence-corrected chi connectivity index (χ2v) is 13.5. The first-order valence-electron chi connectivity index (χ1n) is 17.0. The van der Waals surface area contributed by atoms with Gasteiger partial charge in [-0.05, 0) is 78.6 Å². The smallest absolute Gasteiger partial charge is 0.328 e. The lowest BCUT2D eigenvalue weighted by Gasteiger charge is -2.29. The Morgan fingerprint density at radius 2 is 1.60 bits per heavy atom. The molecule has 9 heteroatoms. The molecular formula is C39H41N3O6. The summed E-state index contributed by atoms with van der Waals surface area (Å²) in [6, 6.07) is 20.4. The van der Waals surface area contributed by atoms with E-state index in [1.54, 1.807) is 24.3 Å². The van der Waals surface area contributed by atoms with Gasteiger partial charge >= 0.3 is 5.97 Å². The molecule has 0 unspecified atom stereocenters. The number of anilines is 1. The predicted molar refractivity (Wildman–Crippen MR) is 185 cm³/mol. The minimum absolute atomic E-state index is 0.191. The number of carbonyl (C=O) groups is 3. The van der Waals surface area contributed by atoms with Crippen LogP contribution in [0.25, 0.3) is 28.2 Å². The molecule has 0 bridgehead atoms. The Morgan fingerprint density at radius 3 is 2.33 bits per heavy atom. The minimum Gasteiger partial charge on any atom is -0.478 e. The van der Waals surface area contributed by atoms with Crippen molar-refractivity contribution < 1.29 is 29.7 Å². The van der Waals surface area contributed by atoms with Crippen LogP contribution in [0.2, 0.25) is 0 Å². The number of benzene rings is 3. The zero-order valence-electron chi connectivity index (χ0n) is 26.8. The average molecular weight is 648 g/mol. The fraction of sp³-hybridized carbons (Fsp3) is 0.359. The van der Waals surface area contributed by atoms with E-state index in [4.69, 9.17) is 5.11 Å². The summed E-state index contributed by atoms with van der Waals surface area (Å²) in [5.41, 5.74) is 5.30. The zero-order valence-corrected chi connectivity index (χ0v) is 26.8. The van der Waals surface area contributed by atoms with Crippen LogP contribution in [0.5, 0.6) is 0 Å². The Labute approximate surface area is 279 Å². The van der Waals surface area contributed by atoms with Crippen molar-refractivity contribution in [2.24, 2.45) is 0 Å². The minimum atomic E-state index is -1.07. The number of amides is 2. The Morgan fingerprint density at radius 1 is 0.875 bits per heavy atom. The maximum atomic E-state index is 14.0. The number of aliphatic hydroxyl groups is 2. The second kappa shape index (κ2) is 13.1. The number of aromatic nitrogens is 1. The molecule has 48 heavy (non-hydrogen) atoms. The summed E-state index contributed by atoms with van der Waals surface area (Å²) < 4.78 is 2.09. The Bertz CT molecular complexity index is 1900. The molecule has 9 nitrogen and oxygen atoms in total. The van der Waals surface area contributed by atoms with Gasteiger partial charge in [0.05, 0.1) is 12.2 Å². The van der Waals surface area contributed by atoms with Gasteiger partial charge in [0.1, 0.15) is 17.7 Å². The summed E-state index contributed by atoms with van der Waals surface area (Å²) in [6.45, 7) is 0.191. The van der Waals surface area contributed by atoms with Crippen LogP contribution in [0.3, 0.4) is 0 Å². The lowest BCUT2D eigenvalue weighted by atomic mass is 9.81. The van der Waals surface area contributed by atoms with Crippen molar-refractivity contribution >= 4 is 40.4 Å². The molecule has 2 fully saturated rings. The van der Waals surface area contributed by atoms with Gasteiger partial charge in [-0.25, -0.2) is 4.79 Å². The molecule has 0 saturated heterocycles. The number of carbonyl (C=O) groups excluding carboxylic acids is 2. The summed E-state index contributed by atoms with van der Waals surface area (Å²) in [7, 11) is 0. The number of hydrogen-bond acceptors (Lipinski definition) is 5. The van der Waals surface area contributed by atoms with E-state index in [-0.39, 0.29) is 18.4 Å². The van der Waals surface area contributed by atoms with Crippen LogP contribution in [0, 0.1) is 0 Å². The van der Waals surface area contributed by atoms with Crippen LogP contribution in [0.4, 0.5) is 5.69 Å². The molecule has 0 radical (unpaired) electrons. The van der Waals surface area contributed by atoms with E-state index >= 15 is 0 Å². The third-order valence-corrected chi connectivity index (χ3v) is 10.5. The van der Waals surface area contributed by atoms with E-state index in [9.17, 15) is 24.6 Å². The Hall–Kier alpha value is -4.73. The van der Waals surface area contributed by atoms with Crippen molar-refractivity contribution in [3.05, 3.63) is 95.1 Å². The molecular weight excluding hydrogens is 606 g/mol. The second-order valence-electron chi connectivity index (χ2n) is 13.5. The van der Waals surface area contributed by atoms with Crippen molar-refractivity contribution in [2.45, 2.75) is 88.0 Å². The average Bonchev–Trinajstić information content (AvgIpc) is 3.68. The summed E-state index contributed by atoms with van der Waals surface area (Å²) in [5.74, 6) is -1.32. The molecule has 4 aromatic rings. The van der Waals surface area contributed by atoms with Crippen LogP contribution in [0.1, 0.15) is 96.9 Å². The number of aliphatic hydroxyl groups excluding tert-OH is 2. The number of nitrogens with zero attached hydrogens (tertiary/aromatic N) is 1. The van der Waals surface area contributed by atoms with Crippen LogP contribution >= 0.6 is 0 Å². The Balaban J connectivity index is 1.22. The maximum absolute atomic E-state index is 14.0. The van der Waals surface area contributed by atoms with E-state index < -0.39 is 23.7 Å². The van der Waals surface area contributed by atoms with Crippen LogP contribution in [0.15, 0.2) is 72.8 Å². The SMILES string of the molecule is O=C(O)/C=C/c1ccc(NC(=O)C2(NC(=O)c3ccc4c(C5CCCCC5)c5n(c4c3)C[C@@H](O)[C@@H](O)c3ccccc3-5)CCCC2)cc1. The Kier molecular flexibility index (Phi) is 8.66. The third-order valence-electron chi connectivity index (χ3n) is 10.5. The standard InChI is InChI=1S/C39H41N3O6/c43-32-23-42-31-22-26(15-18-30(31)34(25-8-2-1-3-9-25)35(42)28-10-4-5-11-29(28)36(32)46)37(47)41-39(20-6-7-21-39)38(48)40-27-16-12-24(13-17-27)14-19-33(44)45/h4-5,10-19,22,25,32,36,43,46H,1-3,6-9,20-21,23H2,(H,40,48)(H,41,47)(H,44,45)/b19-14+/t32-,36+/m1/s1. The van der Waals surface area contributed by atoms with Crippen LogP contribution < -0.4 is 10.6 Å². The topological polar surface area (TPSA) is 141 Å². The summed E-state index contributed by atoms with van der Waals surface area (Å²) >= 11 is 0. The van der Waals surface area contributed by atoms with Gasteiger partial charge in [0.15, 0.2) is 0 Å². The van der Waals surface area contributed by atoms with E-state index in [0.717, 1.165) is 66.8 Å². The summed E-state index contributed by atoms with van der Waals surface area (Å²) in [4.78, 5) is 38.6. The number of rotatable bonds is 7. The number of carboxylic acid groups (broad SMARTS) is 1. The molecule has 2 heterocycles. The molecule has 2 aliphatic carbocycles. The highest BCUT2D eigenvalue weighted by Gasteiger charge is 2.43. The number of fused-ring (bicyclic) bond motifs is 5. The first kappa shape index (κ1) is 31.8. The van der Waals surface area contributed by atoms with Gasteiger partial charge < -0.3 is 30.5 Å². The van der Waals surface area contributed by atoms with Crippen molar-refractivity contribution in [2.75, 3.05) is 5.32 Å². The first-order chi connectivity index (χ1) is 23.2. The van der Waals surface area contributed by atoms with Crippen molar-refractivity contribution in [1.29, 1.82) is 0 Å². The largest absolute Gasteiger partial charge is 0.478 e. The third kappa shape index (κ3) is 5.93. The molecule has 2 atom stereocenters. The van der Waals surface area contributed by atoms with E-state index in [1.807, 2.05) is 42.5 Å². The van der Waals surface area contributed by atoms with E-state index in [2.05, 4.69) is 15.2 Å². The molecule has 5 N–H and O–H groups in total. The number of carboxylic acids is 1. The first-order valence-corrected chi connectivity index (χ1v) is 17.0.